The van der Waals surface area contributed by atoms with Crippen molar-refractivity contribution in [3.05, 3.63) is 50.9 Å². The van der Waals surface area contributed by atoms with Gasteiger partial charge in [-0.15, -0.1) is 22.9 Å². The molecule has 0 bridgehead atoms. The molecule has 0 atom stereocenters. The number of aromatic nitrogens is 2. The minimum absolute atomic E-state index is 0.577. The quantitative estimate of drug-likeness (QED) is 0.625. The SMILES string of the molecule is Cc1ccc2nc(CCCl)n(Cc3ccc(Cl)s3)c2c1. The first-order valence-corrected chi connectivity index (χ1v) is 8.16. The molecule has 2 aromatic heterocycles. The highest BCUT2D eigenvalue weighted by atomic mass is 35.5. The first-order chi connectivity index (χ1) is 9.67. The number of fused-ring (bicyclic) bond motifs is 1. The van der Waals surface area contributed by atoms with Crippen molar-refractivity contribution in [1.29, 1.82) is 0 Å². The van der Waals surface area contributed by atoms with Crippen LogP contribution in [0.25, 0.3) is 11.0 Å². The van der Waals surface area contributed by atoms with Crippen molar-refractivity contribution in [2.75, 3.05) is 5.88 Å². The van der Waals surface area contributed by atoms with Gasteiger partial charge in [0.15, 0.2) is 0 Å². The molecule has 5 heteroatoms. The minimum Gasteiger partial charge on any atom is -0.323 e. The van der Waals surface area contributed by atoms with Crippen LogP contribution in [-0.2, 0) is 13.0 Å². The highest BCUT2D eigenvalue weighted by Crippen LogP contribution is 2.25. The number of nitrogens with zero attached hydrogens (tertiary/aromatic N) is 2. The molecule has 2 nitrogen and oxygen atoms in total. The van der Waals surface area contributed by atoms with E-state index in [4.69, 9.17) is 28.2 Å². The van der Waals surface area contributed by atoms with Crippen LogP contribution in [0, 0.1) is 6.92 Å². The molecule has 0 N–H and O–H groups in total. The fourth-order valence-corrected chi connectivity index (χ4v) is 3.57. The Labute approximate surface area is 132 Å². The van der Waals surface area contributed by atoms with Crippen molar-refractivity contribution >= 4 is 45.6 Å². The summed E-state index contributed by atoms with van der Waals surface area (Å²) in [6.07, 6.45) is 0.772. The summed E-state index contributed by atoms with van der Waals surface area (Å²) in [7, 11) is 0. The lowest BCUT2D eigenvalue weighted by Gasteiger charge is -2.07. The molecule has 0 spiro atoms. The average molecular weight is 325 g/mol. The van der Waals surface area contributed by atoms with Gasteiger partial charge in [-0.3, -0.25) is 0 Å². The smallest absolute Gasteiger partial charge is 0.111 e. The molecule has 0 saturated carbocycles. The van der Waals surface area contributed by atoms with Crippen LogP contribution in [0.15, 0.2) is 30.3 Å². The van der Waals surface area contributed by atoms with Crippen molar-refractivity contribution in [3.63, 3.8) is 0 Å². The van der Waals surface area contributed by atoms with Gasteiger partial charge in [0.25, 0.3) is 0 Å². The number of aryl methyl sites for hydroxylation is 2. The first kappa shape index (κ1) is 13.9. The molecule has 2 heterocycles. The predicted molar refractivity (Wildman–Crippen MR) is 87.3 cm³/mol. The maximum Gasteiger partial charge on any atom is 0.111 e. The Bertz CT molecular complexity index is 745. The standard InChI is InChI=1S/C15H14Cl2N2S/c1-10-2-4-12-13(8-10)19(15(18-12)6-7-16)9-11-3-5-14(17)20-11/h2-5,8H,6-7,9H2,1H3. The summed E-state index contributed by atoms with van der Waals surface area (Å²) in [4.78, 5) is 5.93. The third-order valence-electron chi connectivity index (χ3n) is 3.24. The summed E-state index contributed by atoms with van der Waals surface area (Å²) < 4.78 is 3.06. The molecule has 0 aliphatic rings. The van der Waals surface area contributed by atoms with Crippen LogP contribution in [0.5, 0.6) is 0 Å². The van der Waals surface area contributed by atoms with Crippen molar-refractivity contribution in [1.82, 2.24) is 9.55 Å². The second-order valence-corrected chi connectivity index (χ2v) is 6.93. The second kappa shape index (κ2) is 5.76. The van der Waals surface area contributed by atoms with Crippen LogP contribution < -0.4 is 0 Å². The summed E-state index contributed by atoms with van der Waals surface area (Å²) in [6.45, 7) is 2.89. The van der Waals surface area contributed by atoms with Crippen molar-refractivity contribution in [2.45, 2.75) is 19.9 Å². The molecule has 0 amide bonds. The van der Waals surface area contributed by atoms with Crippen molar-refractivity contribution < 1.29 is 0 Å². The van der Waals surface area contributed by atoms with Gasteiger partial charge in [-0.1, -0.05) is 17.7 Å². The van der Waals surface area contributed by atoms with Gasteiger partial charge in [-0.2, -0.15) is 0 Å². The highest BCUT2D eigenvalue weighted by molar-refractivity contribution is 7.16. The topological polar surface area (TPSA) is 17.8 Å². The number of alkyl halides is 1. The second-order valence-electron chi connectivity index (χ2n) is 4.75. The Kier molecular flexibility index (Phi) is 4.01. The molecule has 20 heavy (non-hydrogen) atoms. The van der Waals surface area contributed by atoms with Gasteiger partial charge in [0.1, 0.15) is 5.82 Å². The minimum atomic E-state index is 0.577. The molecule has 0 fully saturated rings. The maximum atomic E-state index is 6.02. The number of hydrogen-bond donors (Lipinski definition) is 0. The summed E-state index contributed by atoms with van der Waals surface area (Å²) in [5.41, 5.74) is 3.42. The van der Waals surface area contributed by atoms with E-state index in [1.165, 1.54) is 10.4 Å². The zero-order valence-electron chi connectivity index (χ0n) is 11.1. The van der Waals surface area contributed by atoms with Crippen LogP contribution in [0.1, 0.15) is 16.3 Å². The van der Waals surface area contributed by atoms with Crippen LogP contribution in [0.3, 0.4) is 0 Å². The number of hydrogen-bond acceptors (Lipinski definition) is 2. The fourth-order valence-electron chi connectivity index (χ4n) is 2.33. The molecule has 104 valence electrons. The van der Waals surface area contributed by atoms with E-state index in [1.807, 2.05) is 6.07 Å². The number of halogens is 2. The first-order valence-electron chi connectivity index (χ1n) is 6.43. The van der Waals surface area contributed by atoms with Crippen LogP contribution in [-0.4, -0.2) is 15.4 Å². The van der Waals surface area contributed by atoms with Gasteiger partial charge in [-0.25, -0.2) is 4.98 Å². The highest BCUT2D eigenvalue weighted by Gasteiger charge is 2.11. The monoisotopic (exact) mass is 324 g/mol. The van der Waals surface area contributed by atoms with E-state index in [2.05, 4.69) is 35.8 Å². The molecule has 1 aromatic carbocycles. The number of thiophene rings is 1. The lowest BCUT2D eigenvalue weighted by molar-refractivity contribution is 0.763. The number of rotatable bonds is 4. The van der Waals surface area contributed by atoms with E-state index in [0.717, 1.165) is 34.2 Å². The average Bonchev–Trinajstić information content (AvgIpc) is 2.96. The van der Waals surface area contributed by atoms with Gasteiger partial charge < -0.3 is 4.57 Å². The Balaban J connectivity index is 2.09. The number of imidazole rings is 1. The summed E-state index contributed by atoms with van der Waals surface area (Å²) in [6, 6.07) is 10.3. The van der Waals surface area contributed by atoms with Crippen molar-refractivity contribution in [3.8, 4) is 0 Å². The van der Waals surface area contributed by atoms with Gasteiger partial charge in [0, 0.05) is 17.2 Å². The Morgan fingerprint density at radius 2 is 2.10 bits per heavy atom. The molecule has 0 aliphatic carbocycles. The third-order valence-corrected chi connectivity index (χ3v) is 4.65. The van der Waals surface area contributed by atoms with Gasteiger partial charge >= 0.3 is 0 Å². The van der Waals surface area contributed by atoms with Crippen LogP contribution in [0.4, 0.5) is 0 Å². The van der Waals surface area contributed by atoms with E-state index in [1.54, 1.807) is 11.3 Å². The third kappa shape index (κ3) is 2.71. The summed E-state index contributed by atoms with van der Waals surface area (Å²) in [5, 5.41) is 0. The van der Waals surface area contributed by atoms with Crippen LogP contribution in [0.2, 0.25) is 4.34 Å². The molecule has 0 radical (unpaired) electrons. The largest absolute Gasteiger partial charge is 0.323 e. The Morgan fingerprint density at radius 1 is 1.25 bits per heavy atom. The molecule has 3 aromatic rings. The normalized spacial score (nSPS) is 11.3. The lowest BCUT2D eigenvalue weighted by Crippen LogP contribution is -2.05. The van der Waals surface area contributed by atoms with E-state index in [-0.39, 0.29) is 0 Å². The lowest BCUT2D eigenvalue weighted by atomic mass is 10.2. The zero-order valence-corrected chi connectivity index (χ0v) is 13.4. The van der Waals surface area contributed by atoms with E-state index in [9.17, 15) is 0 Å². The molecule has 0 saturated heterocycles. The van der Waals surface area contributed by atoms with E-state index < -0.39 is 0 Å². The summed E-state index contributed by atoms with van der Waals surface area (Å²) in [5.74, 6) is 1.61. The Hall–Kier alpha value is -1.03. The van der Waals surface area contributed by atoms with E-state index in [0.29, 0.717) is 5.88 Å². The predicted octanol–water partition coefficient (Wildman–Crippen LogP) is 4.89. The molecule has 0 unspecified atom stereocenters. The van der Waals surface area contributed by atoms with E-state index >= 15 is 0 Å². The maximum absolute atomic E-state index is 6.02. The van der Waals surface area contributed by atoms with Gasteiger partial charge in [-0.05, 0) is 36.8 Å². The molecule has 0 aliphatic heterocycles. The van der Waals surface area contributed by atoms with Crippen LogP contribution >= 0.6 is 34.5 Å². The molecular formula is C15H14Cl2N2S. The zero-order chi connectivity index (χ0) is 14.1. The molecular weight excluding hydrogens is 311 g/mol. The number of benzene rings is 1. The van der Waals surface area contributed by atoms with Crippen molar-refractivity contribution in [2.24, 2.45) is 0 Å². The van der Waals surface area contributed by atoms with Gasteiger partial charge in [0.05, 0.1) is 21.9 Å². The fraction of sp³-hybridized carbons (Fsp3) is 0.267. The molecule has 3 rings (SSSR count). The summed E-state index contributed by atoms with van der Waals surface area (Å²) >= 11 is 13.5. The Morgan fingerprint density at radius 3 is 2.80 bits per heavy atom. The van der Waals surface area contributed by atoms with Gasteiger partial charge in [0.2, 0.25) is 0 Å².